The average Bonchev–Trinajstić information content (AvgIpc) is 2.65. The Balaban J connectivity index is 2.10. The Morgan fingerprint density at radius 3 is 2.32 bits per heavy atom. The van der Waals surface area contributed by atoms with Gasteiger partial charge in [0.2, 0.25) is 0 Å². The maximum absolute atomic E-state index is 12.3. The van der Waals surface area contributed by atoms with E-state index in [1.807, 2.05) is 0 Å². The van der Waals surface area contributed by atoms with Crippen molar-refractivity contribution in [2.75, 3.05) is 25.7 Å². The lowest BCUT2D eigenvalue weighted by Crippen LogP contribution is -2.28. The van der Waals surface area contributed by atoms with E-state index < -0.39 is 18.7 Å². The number of anilines is 1. The van der Waals surface area contributed by atoms with Crippen LogP contribution in [0.1, 0.15) is 20.7 Å². The van der Waals surface area contributed by atoms with E-state index in [4.69, 9.17) is 16.3 Å². The molecular formula is C18H16ClNO5. The van der Waals surface area contributed by atoms with E-state index in [-0.39, 0.29) is 11.3 Å². The van der Waals surface area contributed by atoms with Crippen LogP contribution in [0.15, 0.2) is 48.5 Å². The maximum atomic E-state index is 12.3. The molecule has 1 amide bonds. The van der Waals surface area contributed by atoms with Gasteiger partial charge in [-0.2, -0.15) is 0 Å². The topological polar surface area (TPSA) is 72.9 Å². The van der Waals surface area contributed by atoms with Crippen LogP contribution in [-0.4, -0.2) is 38.6 Å². The number of benzene rings is 2. The molecule has 0 unspecified atom stereocenters. The molecule has 0 aromatic heterocycles. The fourth-order valence-electron chi connectivity index (χ4n) is 2.10. The van der Waals surface area contributed by atoms with Crippen LogP contribution in [0.3, 0.4) is 0 Å². The van der Waals surface area contributed by atoms with Crippen LogP contribution >= 0.6 is 11.6 Å². The number of carbonyl (C=O) groups is 3. The van der Waals surface area contributed by atoms with Gasteiger partial charge in [-0.3, -0.25) is 9.69 Å². The highest BCUT2D eigenvalue weighted by Crippen LogP contribution is 2.21. The van der Waals surface area contributed by atoms with Gasteiger partial charge < -0.3 is 9.47 Å². The molecule has 0 N–H and O–H groups in total. The molecule has 2 rings (SSSR count). The van der Waals surface area contributed by atoms with Crippen LogP contribution < -0.4 is 4.90 Å². The number of rotatable bonds is 5. The minimum Gasteiger partial charge on any atom is -0.454 e. The van der Waals surface area contributed by atoms with Gasteiger partial charge in [0, 0.05) is 17.6 Å². The maximum Gasteiger partial charge on any atom is 0.413 e. The molecule has 2 aromatic carbocycles. The minimum atomic E-state index is -0.714. The summed E-state index contributed by atoms with van der Waals surface area (Å²) in [6, 6.07) is 12.7. The number of hydrogen-bond donors (Lipinski definition) is 0. The lowest BCUT2D eigenvalue weighted by molar-refractivity contribution is 0.0475. The third kappa shape index (κ3) is 4.58. The zero-order valence-corrected chi connectivity index (χ0v) is 14.4. The van der Waals surface area contributed by atoms with Crippen molar-refractivity contribution in [3.8, 4) is 0 Å². The molecule has 0 aliphatic heterocycles. The Kier molecular flexibility index (Phi) is 6.14. The van der Waals surface area contributed by atoms with Crippen molar-refractivity contribution in [2.24, 2.45) is 0 Å². The molecule has 0 fully saturated rings. The second-order valence-corrected chi connectivity index (χ2v) is 5.49. The molecule has 130 valence electrons. The molecule has 2 aromatic rings. The summed E-state index contributed by atoms with van der Waals surface area (Å²) in [6.07, 6.45) is -0.627. The standard InChI is InChI=1S/C18H16ClNO5/c1-20(18(23)24-2)15-6-4-3-5-14(15)17(22)25-11-16(21)12-7-9-13(19)10-8-12/h3-10H,11H2,1-2H3. The number of hydrogen-bond acceptors (Lipinski definition) is 5. The minimum absolute atomic E-state index is 0.152. The number of Topliss-reactive ketones (excluding diaryl/α,β-unsaturated/α-hetero) is 1. The first-order valence-electron chi connectivity index (χ1n) is 7.30. The number of amides is 1. The molecular weight excluding hydrogens is 346 g/mol. The van der Waals surface area contributed by atoms with Crippen molar-refractivity contribution in [1.29, 1.82) is 0 Å². The smallest absolute Gasteiger partial charge is 0.413 e. The second-order valence-electron chi connectivity index (χ2n) is 5.05. The molecule has 25 heavy (non-hydrogen) atoms. The van der Waals surface area contributed by atoms with Crippen LogP contribution in [0, 0.1) is 0 Å². The van der Waals surface area contributed by atoms with Gasteiger partial charge >= 0.3 is 12.1 Å². The van der Waals surface area contributed by atoms with Crippen molar-refractivity contribution in [1.82, 2.24) is 0 Å². The van der Waals surface area contributed by atoms with Crippen molar-refractivity contribution >= 4 is 35.1 Å². The van der Waals surface area contributed by atoms with Gasteiger partial charge in [-0.25, -0.2) is 9.59 Å². The molecule has 0 spiro atoms. The van der Waals surface area contributed by atoms with E-state index in [2.05, 4.69) is 4.74 Å². The summed E-state index contributed by atoms with van der Waals surface area (Å²) >= 11 is 5.77. The summed E-state index contributed by atoms with van der Waals surface area (Å²) in [5.41, 5.74) is 0.856. The summed E-state index contributed by atoms with van der Waals surface area (Å²) in [5.74, 6) is -1.07. The quantitative estimate of drug-likeness (QED) is 0.601. The second kappa shape index (κ2) is 8.30. The third-order valence-electron chi connectivity index (χ3n) is 3.43. The summed E-state index contributed by atoms with van der Waals surface area (Å²) in [6.45, 7) is -0.420. The predicted octanol–water partition coefficient (Wildman–Crippen LogP) is 3.58. The molecule has 0 atom stereocenters. The van der Waals surface area contributed by atoms with Crippen molar-refractivity contribution < 1.29 is 23.9 Å². The Hall–Kier alpha value is -2.86. The average molecular weight is 362 g/mol. The van der Waals surface area contributed by atoms with E-state index in [9.17, 15) is 14.4 Å². The lowest BCUT2D eigenvalue weighted by Gasteiger charge is -2.18. The highest BCUT2D eigenvalue weighted by Gasteiger charge is 2.20. The predicted molar refractivity (Wildman–Crippen MR) is 93.3 cm³/mol. The molecule has 6 nitrogen and oxygen atoms in total. The highest BCUT2D eigenvalue weighted by molar-refractivity contribution is 6.30. The van der Waals surface area contributed by atoms with Crippen LogP contribution in [0.4, 0.5) is 10.5 Å². The SMILES string of the molecule is COC(=O)N(C)c1ccccc1C(=O)OCC(=O)c1ccc(Cl)cc1. The van der Waals surface area contributed by atoms with Crippen LogP contribution in [0.25, 0.3) is 0 Å². The zero-order valence-electron chi connectivity index (χ0n) is 13.7. The fourth-order valence-corrected chi connectivity index (χ4v) is 2.23. The van der Waals surface area contributed by atoms with E-state index in [1.165, 1.54) is 25.1 Å². The Morgan fingerprint density at radius 1 is 1.04 bits per heavy atom. The zero-order chi connectivity index (χ0) is 18.4. The molecule has 0 heterocycles. The largest absolute Gasteiger partial charge is 0.454 e. The van der Waals surface area contributed by atoms with E-state index >= 15 is 0 Å². The first-order valence-corrected chi connectivity index (χ1v) is 7.68. The number of para-hydroxylation sites is 1. The van der Waals surface area contributed by atoms with Gasteiger partial charge in [-0.05, 0) is 36.4 Å². The van der Waals surface area contributed by atoms with E-state index in [1.54, 1.807) is 42.5 Å². The molecule has 7 heteroatoms. The van der Waals surface area contributed by atoms with Gasteiger partial charge in [-0.15, -0.1) is 0 Å². The Labute approximate surface area is 149 Å². The molecule has 0 aliphatic rings. The summed E-state index contributed by atoms with van der Waals surface area (Å²) in [4.78, 5) is 37.2. The third-order valence-corrected chi connectivity index (χ3v) is 3.69. The normalized spacial score (nSPS) is 10.0. The van der Waals surface area contributed by atoms with Gasteiger partial charge in [-0.1, -0.05) is 23.7 Å². The van der Waals surface area contributed by atoms with Crippen LogP contribution in [0.5, 0.6) is 0 Å². The van der Waals surface area contributed by atoms with Gasteiger partial charge in [0.25, 0.3) is 0 Å². The highest BCUT2D eigenvalue weighted by atomic mass is 35.5. The van der Waals surface area contributed by atoms with Crippen molar-refractivity contribution in [3.63, 3.8) is 0 Å². The fraction of sp³-hybridized carbons (Fsp3) is 0.167. The molecule has 0 aliphatic carbocycles. The van der Waals surface area contributed by atoms with Gasteiger partial charge in [0.05, 0.1) is 18.4 Å². The summed E-state index contributed by atoms with van der Waals surface area (Å²) < 4.78 is 9.72. The summed E-state index contributed by atoms with van der Waals surface area (Å²) in [7, 11) is 2.71. The summed E-state index contributed by atoms with van der Waals surface area (Å²) in [5, 5.41) is 0.508. The number of methoxy groups -OCH3 is 1. The number of ketones is 1. The van der Waals surface area contributed by atoms with Crippen molar-refractivity contribution in [2.45, 2.75) is 0 Å². The van der Waals surface area contributed by atoms with E-state index in [0.29, 0.717) is 16.3 Å². The van der Waals surface area contributed by atoms with Crippen LogP contribution in [-0.2, 0) is 9.47 Å². The number of ether oxygens (including phenoxy) is 2. The first-order chi connectivity index (χ1) is 11.9. The number of nitrogens with zero attached hydrogens (tertiary/aromatic N) is 1. The van der Waals surface area contributed by atoms with E-state index in [0.717, 1.165) is 0 Å². The Morgan fingerprint density at radius 2 is 1.68 bits per heavy atom. The first kappa shape index (κ1) is 18.5. The lowest BCUT2D eigenvalue weighted by atomic mass is 10.1. The monoisotopic (exact) mass is 361 g/mol. The van der Waals surface area contributed by atoms with Crippen molar-refractivity contribution in [3.05, 3.63) is 64.7 Å². The molecule has 0 saturated heterocycles. The number of carbonyl (C=O) groups excluding carboxylic acids is 3. The number of halogens is 1. The van der Waals surface area contributed by atoms with Crippen LogP contribution in [0.2, 0.25) is 5.02 Å². The Bertz CT molecular complexity index is 788. The number of esters is 1. The molecule has 0 bridgehead atoms. The van der Waals surface area contributed by atoms with Gasteiger partial charge in [0.1, 0.15) is 0 Å². The molecule has 0 saturated carbocycles. The van der Waals surface area contributed by atoms with Gasteiger partial charge in [0.15, 0.2) is 12.4 Å². The molecule has 0 radical (unpaired) electrons.